The van der Waals surface area contributed by atoms with Crippen LogP contribution in [0.2, 0.25) is 0 Å². The Kier molecular flexibility index (Phi) is 5.53. The summed E-state index contributed by atoms with van der Waals surface area (Å²) in [5.41, 5.74) is 3.53. The number of phenolic OH excluding ortho intramolecular Hbond substituents is 1. The second kappa shape index (κ2) is 7.85. The highest BCUT2D eigenvalue weighted by molar-refractivity contribution is 5.91. The average molecular weight is 370 g/mol. The molecule has 1 fully saturated rings. The highest BCUT2D eigenvalue weighted by atomic mass is 16.5. The van der Waals surface area contributed by atoms with E-state index >= 15 is 0 Å². The first kappa shape index (κ1) is 19.0. The summed E-state index contributed by atoms with van der Waals surface area (Å²) in [4.78, 5) is 12.2. The van der Waals surface area contributed by atoms with Gasteiger partial charge in [0.2, 0.25) is 0 Å². The number of nitrogens with zero attached hydrogens (tertiary/aromatic N) is 2. The number of amides is 2. The van der Waals surface area contributed by atoms with Gasteiger partial charge in [0.25, 0.3) is 0 Å². The third kappa shape index (κ3) is 4.15. The van der Waals surface area contributed by atoms with Gasteiger partial charge in [-0.2, -0.15) is 0 Å². The van der Waals surface area contributed by atoms with E-state index in [-0.39, 0.29) is 12.4 Å². The van der Waals surface area contributed by atoms with Gasteiger partial charge in [0.1, 0.15) is 18.1 Å². The molecule has 27 heavy (non-hydrogen) atoms. The van der Waals surface area contributed by atoms with Gasteiger partial charge in [-0.05, 0) is 60.6 Å². The Balaban J connectivity index is 1.92. The number of rotatable bonds is 6. The molecule has 1 saturated carbocycles. The molecule has 144 valence electrons. The lowest BCUT2D eigenvalue weighted by Crippen LogP contribution is -2.49. The van der Waals surface area contributed by atoms with E-state index in [1.807, 2.05) is 13.0 Å². The summed E-state index contributed by atoms with van der Waals surface area (Å²) in [6, 6.07) is 10.3. The number of nitrogens with two attached hydrogens (primary N) is 2. The molecule has 0 saturated heterocycles. The Bertz CT molecular complexity index is 834. The second-order valence-corrected chi connectivity index (χ2v) is 6.82. The number of aromatic hydroxyl groups is 1. The number of carbonyl (C=O) groups excluding carboxylic acids is 1. The first-order chi connectivity index (χ1) is 12.9. The van der Waals surface area contributed by atoms with Gasteiger partial charge in [-0.3, -0.25) is 5.01 Å². The minimum Gasteiger partial charge on any atom is -0.508 e. The number of aryl methyl sites for hydroxylation is 1. The molecule has 2 amide bonds. The molecule has 0 unspecified atom stereocenters. The van der Waals surface area contributed by atoms with Crippen molar-refractivity contribution in [2.75, 3.05) is 12.1 Å². The van der Waals surface area contributed by atoms with E-state index < -0.39 is 6.03 Å². The van der Waals surface area contributed by atoms with Crippen LogP contribution >= 0.6 is 0 Å². The minimum atomic E-state index is -0.511. The number of hydrogen-bond donors (Lipinski definition) is 3. The van der Waals surface area contributed by atoms with Crippen molar-refractivity contribution < 1.29 is 14.6 Å². The highest BCUT2D eigenvalue weighted by Gasteiger charge is 2.29. The second-order valence-electron chi connectivity index (χ2n) is 6.82. The van der Waals surface area contributed by atoms with Crippen molar-refractivity contribution in [3.63, 3.8) is 0 Å². The molecule has 1 aliphatic rings. The molecular formula is C20H26N4O3. The normalized spacial score (nSPS) is 13.3. The number of urea groups is 1. The average Bonchev–Trinajstić information content (AvgIpc) is 3.50. The summed E-state index contributed by atoms with van der Waals surface area (Å²) in [5.74, 6) is 13.0. The summed E-state index contributed by atoms with van der Waals surface area (Å²) in [5, 5.41) is 11.7. The third-order valence-corrected chi connectivity index (χ3v) is 4.77. The van der Waals surface area contributed by atoms with E-state index in [1.165, 1.54) is 7.05 Å². The lowest BCUT2D eigenvalue weighted by molar-refractivity contribution is 0.216. The van der Waals surface area contributed by atoms with E-state index in [4.69, 9.17) is 16.4 Å². The molecule has 0 aromatic heterocycles. The van der Waals surface area contributed by atoms with Crippen molar-refractivity contribution >= 4 is 11.7 Å². The monoisotopic (exact) mass is 370 g/mol. The molecule has 7 nitrogen and oxygen atoms in total. The van der Waals surface area contributed by atoms with Crippen LogP contribution in [0.1, 0.15) is 42.4 Å². The predicted octanol–water partition coefficient (Wildman–Crippen LogP) is 3.02. The van der Waals surface area contributed by atoms with Crippen LogP contribution in [-0.2, 0) is 13.0 Å². The summed E-state index contributed by atoms with van der Waals surface area (Å²) >= 11 is 0. The molecule has 0 spiro atoms. The van der Waals surface area contributed by atoms with Gasteiger partial charge in [0.05, 0.1) is 5.69 Å². The van der Waals surface area contributed by atoms with Crippen LogP contribution in [0, 0.1) is 0 Å². The van der Waals surface area contributed by atoms with Gasteiger partial charge in [-0.15, -0.1) is 0 Å². The smallest absolute Gasteiger partial charge is 0.352 e. The van der Waals surface area contributed by atoms with E-state index in [9.17, 15) is 9.90 Å². The topological polar surface area (TPSA) is 105 Å². The Morgan fingerprint density at radius 1 is 1.26 bits per heavy atom. The van der Waals surface area contributed by atoms with Gasteiger partial charge >= 0.3 is 6.03 Å². The molecule has 2 aromatic carbocycles. The number of hydrogen-bond acceptors (Lipinski definition) is 5. The zero-order chi connectivity index (χ0) is 19.6. The maximum absolute atomic E-state index is 12.2. The van der Waals surface area contributed by atoms with E-state index in [2.05, 4.69) is 6.07 Å². The Hall–Kier alpha value is -2.77. The van der Waals surface area contributed by atoms with Gasteiger partial charge < -0.3 is 9.84 Å². The summed E-state index contributed by atoms with van der Waals surface area (Å²) in [6.07, 6.45) is 2.97. The SMILES string of the molecule is CCc1cc(O)ccc1OCc1c(C2CC2)cccc1N(N)C(=O)N(C)N. The van der Waals surface area contributed by atoms with Crippen LogP contribution in [0.5, 0.6) is 11.5 Å². The third-order valence-electron chi connectivity index (χ3n) is 4.77. The molecule has 1 aliphatic carbocycles. The van der Waals surface area contributed by atoms with Crippen molar-refractivity contribution in [2.24, 2.45) is 11.7 Å². The van der Waals surface area contributed by atoms with E-state index in [1.54, 1.807) is 24.3 Å². The largest absolute Gasteiger partial charge is 0.508 e. The first-order valence-electron chi connectivity index (χ1n) is 9.06. The number of ether oxygens (including phenoxy) is 1. The van der Waals surface area contributed by atoms with Crippen LogP contribution in [0.15, 0.2) is 36.4 Å². The van der Waals surface area contributed by atoms with Crippen molar-refractivity contribution in [1.82, 2.24) is 5.01 Å². The van der Waals surface area contributed by atoms with Crippen molar-refractivity contribution in [3.8, 4) is 11.5 Å². The lowest BCUT2D eigenvalue weighted by Gasteiger charge is -2.25. The van der Waals surface area contributed by atoms with Gasteiger partial charge in [-0.25, -0.2) is 21.5 Å². The van der Waals surface area contributed by atoms with Gasteiger partial charge in [0, 0.05) is 12.6 Å². The minimum absolute atomic E-state index is 0.211. The van der Waals surface area contributed by atoms with Crippen LogP contribution in [-0.4, -0.2) is 23.2 Å². The molecular weight excluding hydrogens is 344 g/mol. The van der Waals surface area contributed by atoms with Crippen molar-refractivity contribution in [2.45, 2.75) is 38.7 Å². The molecule has 0 radical (unpaired) electrons. The number of benzene rings is 2. The van der Waals surface area contributed by atoms with E-state index in [0.717, 1.165) is 46.0 Å². The lowest BCUT2D eigenvalue weighted by atomic mass is 10.0. The predicted molar refractivity (Wildman–Crippen MR) is 104 cm³/mol. The standard InChI is InChI=1S/C20H26N4O3/c1-3-13-11-15(25)9-10-19(13)27-12-17-16(14-7-8-14)5-4-6-18(17)24(22)20(26)23(2)21/h4-6,9-11,14,25H,3,7-8,12,21-22H2,1-2H3. The number of anilines is 1. The maximum atomic E-state index is 12.2. The summed E-state index contributed by atoms with van der Waals surface area (Å²) < 4.78 is 6.07. The number of hydrazine groups is 2. The summed E-state index contributed by atoms with van der Waals surface area (Å²) in [6.45, 7) is 2.28. The zero-order valence-corrected chi connectivity index (χ0v) is 15.7. The molecule has 7 heteroatoms. The van der Waals surface area contributed by atoms with Crippen molar-refractivity contribution in [3.05, 3.63) is 53.1 Å². The maximum Gasteiger partial charge on any atom is 0.352 e. The highest BCUT2D eigenvalue weighted by Crippen LogP contribution is 2.44. The van der Waals surface area contributed by atoms with Crippen LogP contribution in [0.3, 0.4) is 0 Å². The van der Waals surface area contributed by atoms with Gasteiger partial charge in [-0.1, -0.05) is 19.1 Å². The van der Waals surface area contributed by atoms with Crippen LogP contribution in [0.4, 0.5) is 10.5 Å². The molecule has 0 aliphatic heterocycles. The molecule has 0 bridgehead atoms. The Morgan fingerprint density at radius 3 is 2.63 bits per heavy atom. The fraction of sp³-hybridized carbons (Fsp3) is 0.350. The Morgan fingerprint density at radius 2 is 2.00 bits per heavy atom. The van der Waals surface area contributed by atoms with Crippen LogP contribution < -0.4 is 21.4 Å². The molecule has 2 aromatic rings. The molecule has 3 rings (SSSR count). The number of carbonyl (C=O) groups is 1. The quantitative estimate of drug-likeness (QED) is 0.412. The Labute approximate surface area is 159 Å². The molecule has 0 heterocycles. The number of phenols is 1. The molecule has 0 atom stereocenters. The molecule has 5 N–H and O–H groups in total. The summed E-state index contributed by atoms with van der Waals surface area (Å²) in [7, 11) is 1.45. The fourth-order valence-electron chi connectivity index (χ4n) is 3.16. The first-order valence-corrected chi connectivity index (χ1v) is 9.06. The zero-order valence-electron chi connectivity index (χ0n) is 15.7. The van der Waals surface area contributed by atoms with Gasteiger partial charge in [0.15, 0.2) is 0 Å². The van der Waals surface area contributed by atoms with E-state index in [0.29, 0.717) is 17.4 Å². The fourth-order valence-corrected chi connectivity index (χ4v) is 3.16. The van der Waals surface area contributed by atoms with Crippen LogP contribution in [0.25, 0.3) is 0 Å². The van der Waals surface area contributed by atoms with Crippen molar-refractivity contribution in [1.29, 1.82) is 0 Å².